The lowest BCUT2D eigenvalue weighted by atomic mass is 10.0. The fraction of sp³-hybridized carbons (Fsp3) is 0.409. The minimum Gasteiger partial charge on any atom is -0.349 e. The van der Waals surface area contributed by atoms with Gasteiger partial charge in [-0.2, -0.15) is 4.72 Å². The minimum atomic E-state index is -3.98. The van der Waals surface area contributed by atoms with Crippen LogP contribution in [0.2, 0.25) is 0 Å². The average Bonchev–Trinajstić information content (AvgIpc) is 2.80. The van der Waals surface area contributed by atoms with Crippen molar-refractivity contribution in [2.45, 2.75) is 50.1 Å². The molecule has 10 nitrogen and oxygen atoms in total. The highest BCUT2D eigenvalue weighted by Crippen LogP contribution is 2.13. The van der Waals surface area contributed by atoms with Gasteiger partial charge in [-0.05, 0) is 30.5 Å². The zero-order valence-electron chi connectivity index (χ0n) is 18.4. The maximum atomic E-state index is 13.1. The van der Waals surface area contributed by atoms with E-state index in [1.54, 1.807) is 44.3 Å². The molecule has 0 radical (unpaired) electrons. The Morgan fingerprint density at radius 2 is 1.88 bits per heavy atom. The van der Waals surface area contributed by atoms with E-state index < -0.39 is 45.6 Å². The molecule has 3 rings (SSSR count). The number of nitrogens with zero attached hydrogens (tertiary/aromatic N) is 2. The van der Waals surface area contributed by atoms with Crippen LogP contribution in [0.25, 0.3) is 0 Å². The van der Waals surface area contributed by atoms with Crippen LogP contribution in [-0.2, 0) is 37.2 Å². The molecule has 1 aromatic carbocycles. The van der Waals surface area contributed by atoms with E-state index in [9.17, 15) is 22.8 Å². The Morgan fingerprint density at radius 3 is 2.58 bits per heavy atom. The van der Waals surface area contributed by atoms with Crippen LogP contribution in [0.4, 0.5) is 0 Å². The van der Waals surface area contributed by atoms with Gasteiger partial charge in [0.1, 0.15) is 17.9 Å². The molecule has 0 fully saturated rings. The van der Waals surface area contributed by atoms with E-state index in [1.807, 2.05) is 0 Å². The molecule has 2 bridgehead atoms. The molecule has 0 saturated heterocycles. The van der Waals surface area contributed by atoms with Crippen molar-refractivity contribution in [2.24, 2.45) is 5.92 Å². The van der Waals surface area contributed by atoms with Crippen LogP contribution in [0.1, 0.15) is 31.8 Å². The van der Waals surface area contributed by atoms with Gasteiger partial charge in [0.25, 0.3) is 5.91 Å². The first-order chi connectivity index (χ1) is 15.7. The van der Waals surface area contributed by atoms with Gasteiger partial charge >= 0.3 is 0 Å². The molecular formula is C22H27N5O5S. The number of rotatable bonds is 6. The Hall–Kier alpha value is -3.18. The number of hydrogen-bond acceptors (Lipinski definition) is 7. The predicted octanol–water partition coefficient (Wildman–Crippen LogP) is 0.139. The van der Waals surface area contributed by atoms with Crippen LogP contribution in [0.5, 0.6) is 0 Å². The molecule has 2 aromatic rings. The van der Waals surface area contributed by atoms with Gasteiger partial charge in [0.05, 0.1) is 4.90 Å². The standard InChI is InChI=1S/C22H27N5O5S/c1-14(2)19(27-33(31,32)16-7-4-3-5-8-16)21(29)26-17-13-15-10-12-23-18(25-15)9-6-11-24-22(30)20(17)28/h3-5,7-8,10,12,14,17,19,27H,6,9,11,13H2,1-2H3,(H,24,30)(H,26,29). The summed E-state index contributed by atoms with van der Waals surface area (Å²) in [6.07, 6.45) is 2.65. The van der Waals surface area contributed by atoms with Crippen molar-refractivity contribution in [3.63, 3.8) is 0 Å². The first-order valence-electron chi connectivity index (χ1n) is 10.7. The number of carbonyl (C=O) groups is 3. The Morgan fingerprint density at radius 1 is 1.15 bits per heavy atom. The summed E-state index contributed by atoms with van der Waals surface area (Å²) in [4.78, 5) is 46.8. The van der Waals surface area contributed by atoms with Crippen molar-refractivity contribution in [1.82, 2.24) is 25.3 Å². The van der Waals surface area contributed by atoms with Crippen LogP contribution < -0.4 is 15.4 Å². The van der Waals surface area contributed by atoms with Gasteiger partial charge in [-0.25, -0.2) is 18.4 Å². The number of fused-ring (bicyclic) bond motifs is 2. The summed E-state index contributed by atoms with van der Waals surface area (Å²) < 4.78 is 27.9. The highest BCUT2D eigenvalue weighted by molar-refractivity contribution is 7.89. The van der Waals surface area contributed by atoms with E-state index in [0.717, 1.165) is 0 Å². The highest BCUT2D eigenvalue weighted by Gasteiger charge is 2.33. The maximum Gasteiger partial charge on any atom is 0.289 e. The van der Waals surface area contributed by atoms with Crippen molar-refractivity contribution in [1.29, 1.82) is 0 Å². The van der Waals surface area contributed by atoms with Gasteiger partial charge in [-0.1, -0.05) is 32.0 Å². The van der Waals surface area contributed by atoms with Crippen LogP contribution in [-0.4, -0.2) is 54.6 Å². The Balaban J connectivity index is 1.83. The molecule has 3 N–H and O–H groups in total. The fourth-order valence-electron chi connectivity index (χ4n) is 3.38. The number of benzene rings is 1. The lowest BCUT2D eigenvalue weighted by Crippen LogP contribution is -2.56. The van der Waals surface area contributed by atoms with Crippen molar-refractivity contribution < 1.29 is 22.8 Å². The number of Topliss-reactive ketones (excluding diaryl/α,β-unsaturated/α-hetero) is 1. The van der Waals surface area contributed by atoms with Crippen molar-refractivity contribution in [3.05, 3.63) is 54.1 Å². The molecule has 1 aliphatic heterocycles. The number of amides is 2. The van der Waals surface area contributed by atoms with E-state index in [2.05, 4.69) is 25.3 Å². The van der Waals surface area contributed by atoms with Gasteiger partial charge in [-0.3, -0.25) is 14.4 Å². The largest absolute Gasteiger partial charge is 0.349 e. The van der Waals surface area contributed by atoms with Gasteiger partial charge < -0.3 is 10.6 Å². The molecule has 1 aliphatic rings. The van der Waals surface area contributed by atoms with Crippen LogP contribution in [0.15, 0.2) is 47.5 Å². The molecule has 176 valence electrons. The lowest BCUT2D eigenvalue weighted by Gasteiger charge is -2.24. The molecule has 0 saturated carbocycles. The van der Waals surface area contributed by atoms with Crippen molar-refractivity contribution in [2.75, 3.05) is 6.54 Å². The summed E-state index contributed by atoms with van der Waals surface area (Å²) >= 11 is 0. The molecule has 1 aromatic heterocycles. The summed E-state index contributed by atoms with van der Waals surface area (Å²) in [5.41, 5.74) is 0.499. The van der Waals surface area contributed by atoms with Crippen molar-refractivity contribution >= 4 is 27.6 Å². The normalized spacial score (nSPS) is 18.2. The number of nitrogens with one attached hydrogen (secondary N) is 3. The average molecular weight is 474 g/mol. The van der Waals surface area contributed by atoms with Crippen LogP contribution in [0.3, 0.4) is 0 Å². The molecule has 0 spiro atoms. The molecule has 2 amide bonds. The highest BCUT2D eigenvalue weighted by atomic mass is 32.2. The summed E-state index contributed by atoms with van der Waals surface area (Å²) in [5, 5.41) is 5.11. The summed E-state index contributed by atoms with van der Waals surface area (Å²) in [6, 6.07) is 6.92. The van der Waals surface area contributed by atoms with E-state index >= 15 is 0 Å². The first-order valence-corrected chi connectivity index (χ1v) is 12.2. The quantitative estimate of drug-likeness (QED) is 0.506. The monoisotopic (exact) mass is 473 g/mol. The minimum absolute atomic E-state index is 0.0161. The topological polar surface area (TPSA) is 147 Å². The summed E-state index contributed by atoms with van der Waals surface area (Å²) in [6.45, 7) is 3.63. The number of aryl methyl sites for hydroxylation is 1. The van der Waals surface area contributed by atoms with Gasteiger partial charge in [0.2, 0.25) is 21.7 Å². The van der Waals surface area contributed by atoms with Gasteiger partial charge in [0.15, 0.2) is 0 Å². The third kappa shape index (κ3) is 6.42. The summed E-state index contributed by atoms with van der Waals surface area (Å²) in [5.74, 6) is -2.19. The summed E-state index contributed by atoms with van der Waals surface area (Å²) in [7, 11) is -3.98. The second-order valence-corrected chi connectivity index (χ2v) is 9.82. The third-order valence-electron chi connectivity index (χ3n) is 5.18. The molecule has 11 heteroatoms. The lowest BCUT2D eigenvalue weighted by molar-refractivity contribution is -0.140. The molecule has 0 aliphatic carbocycles. The molecular weight excluding hydrogens is 446 g/mol. The second kappa shape index (κ2) is 10.6. The smallest absolute Gasteiger partial charge is 0.289 e. The fourth-order valence-corrected chi connectivity index (χ4v) is 4.74. The number of hydrogen-bond donors (Lipinski definition) is 3. The van der Waals surface area contributed by atoms with Crippen LogP contribution >= 0.6 is 0 Å². The van der Waals surface area contributed by atoms with Gasteiger partial charge in [-0.15, -0.1) is 0 Å². The Bertz CT molecular complexity index is 1120. The second-order valence-electron chi connectivity index (χ2n) is 8.11. The van der Waals surface area contributed by atoms with E-state index in [1.165, 1.54) is 12.1 Å². The maximum absolute atomic E-state index is 13.1. The molecule has 2 unspecified atom stereocenters. The number of carbonyl (C=O) groups excluding carboxylic acids is 3. The molecule has 2 atom stereocenters. The molecule has 2 heterocycles. The zero-order valence-corrected chi connectivity index (χ0v) is 19.3. The van der Waals surface area contributed by atoms with Gasteiger partial charge in [0, 0.05) is 31.3 Å². The van der Waals surface area contributed by atoms with Crippen LogP contribution in [0, 0.1) is 5.92 Å². The van der Waals surface area contributed by atoms with Crippen molar-refractivity contribution in [3.8, 4) is 0 Å². The predicted molar refractivity (Wildman–Crippen MR) is 119 cm³/mol. The van der Waals surface area contributed by atoms with E-state index in [0.29, 0.717) is 24.4 Å². The SMILES string of the molecule is CC(C)C(NS(=O)(=O)c1ccccc1)C(=O)NC1Cc2ccnc(n2)CCCNC(=O)C1=O. The molecule has 33 heavy (non-hydrogen) atoms. The Labute approximate surface area is 192 Å². The Kier molecular flexibility index (Phi) is 7.88. The van der Waals surface area contributed by atoms with E-state index in [4.69, 9.17) is 0 Å². The number of aromatic nitrogens is 2. The zero-order chi connectivity index (χ0) is 24.0. The number of sulfonamides is 1. The first kappa shape index (κ1) is 24.5. The third-order valence-corrected chi connectivity index (χ3v) is 6.64. The number of ketones is 1. The van der Waals surface area contributed by atoms with E-state index in [-0.39, 0.29) is 17.9 Å².